The van der Waals surface area contributed by atoms with Crippen LogP contribution >= 0.6 is 0 Å². The topological polar surface area (TPSA) is 29.1 Å². The van der Waals surface area contributed by atoms with Gasteiger partial charge < -0.3 is 5.32 Å². The molecular weight excluding hydrogens is 126 g/mol. The van der Waals surface area contributed by atoms with E-state index in [0.29, 0.717) is 0 Å². The Hall–Kier alpha value is -0.630. The molecule has 2 nitrogen and oxygen atoms in total. The van der Waals surface area contributed by atoms with Crippen molar-refractivity contribution in [3.8, 4) is 0 Å². The zero-order chi connectivity index (χ0) is 7.56. The zero-order valence-electron chi connectivity index (χ0n) is 6.53. The fraction of sp³-hybridized carbons (Fsp3) is 0.625. The van der Waals surface area contributed by atoms with Crippen molar-refractivity contribution in [2.24, 2.45) is 0 Å². The average Bonchev–Trinajstić information content (AvgIpc) is 1.88. The van der Waals surface area contributed by atoms with Crippen LogP contribution in [0.2, 0.25) is 0 Å². The van der Waals surface area contributed by atoms with E-state index < -0.39 is 0 Å². The number of Topliss-reactive ketones (excluding diaryl/α,β-unsaturated/α-hetero) is 1. The van der Waals surface area contributed by atoms with Crippen molar-refractivity contribution in [3.63, 3.8) is 0 Å². The lowest BCUT2D eigenvalue weighted by Gasteiger charge is -2.16. The van der Waals surface area contributed by atoms with Crippen LogP contribution in [-0.4, -0.2) is 18.9 Å². The molecular formula is C8H13NO. The van der Waals surface area contributed by atoms with Gasteiger partial charge in [0.15, 0.2) is 5.78 Å². The molecule has 0 unspecified atom stereocenters. The summed E-state index contributed by atoms with van der Waals surface area (Å²) in [4.78, 5) is 10.9. The van der Waals surface area contributed by atoms with Gasteiger partial charge in [0.1, 0.15) is 0 Å². The predicted molar refractivity (Wildman–Crippen MR) is 40.9 cm³/mol. The molecule has 0 aromatic rings. The lowest BCUT2D eigenvalue weighted by Crippen LogP contribution is -2.27. The number of hydrogen-bond donors (Lipinski definition) is 1. The van der Waals surface area contributed by atoms with Gasteiger partial charge in [-0.1, -0.05) is 5.57 Å². The van der Waals surface area contributed by atoms with Crippen LogP contribution in [-0.2, 0) is 4.79 Å². The summed E-state index contributed by atoms with van der Waals surface area (Å²) in [6.07, 6.45) is 1.02. The van der Waals surface area contributed by atoms with Crippen LogP contribution < -0.4 is 5.32 Å². The summed E-state index contributed by atoms with van der Waals surface area (Å²) < 4.78 is 0. The van der Waals surface area contributed by atoms with E-state index in [-0.39, 0.29) is 5.78 Å². The Labute approximate surface area is 61.3 Å². The van der Waals surface area contributed by atoms with Gasteiger partial charge in [-0.3, -0.25) is 4.79 Å². The first kappa shape index (κ1) is 7.48. The van der Waals surface area contributed by atoms with Crippen molar-refractivity contribution in [1.29, 1.82) is 0 Å². The Kier molecular flexibility index (Phi) is 2.22. The monoisotopic (exact) mass is 139 g/mol. The van der Waals surface area contributed by atoms with Crippen LogP contribution in [0.3, 0.4) is 0 Å². The van der Waals surface area contributed by atoms with Crippen molar-refractivity contribution in [3.05, 3.63) is 11.1 Å². The Balaban J connectivity index is 2.78. The Morgan fingerprint density at radius 3 is 2.70 bits per heavy atom. The van der Waals surface area contributed by atoms with Crippen molar-refractivity contribution >= 4 is 5.78 Å². The highest BCUT2D eigenvalue weighted by atomic mass is 16.1. The molecule has 10 heavy (non-hydrogen) atoms. The minimum atomic E-state index is 0.213. The Morgan fingerprint density at radius 1 is 1.60 bits per heavy atom. The Morgan fingerprint density at radius 2 is 2.30 bits per heavy atom. The highest BCUT2D eigenvalue weighted by Gasteiger charge is 2.11. The van der Waals surface area contributed by atoms with Gasteiger partial charge in [0, 0.05) is 12.1 Å². The molecule has 0 fully saturated rings. The molecule has 0 saturated heterocycles. The van der Waals surface area contributed by atoms with Gasteiger partial charge in [-0.15, -0.1) is 0 Å². The summed E-state index contributed by atoms with van der Waals surface area (Å²) in [5.41, 5.74) is 2.23. The highest BCUT2D eigenvalue weighted by molar-refractivity contribution is 5.94. The zero-order valence-corrected chi connectivity index (χ0v) is 6.53. The first-order chi connectivity index (χ1) is 4.72. The SMILES string of the molecule is CC(=O)C1=C(C)CCNC1. The van der Waals surface area contributed by atoms with Crippen LogP contribution in [0, 0.1) is 0 Å². The Bertz CT molecular complexity index is 182. The number of carbonyl (C=O) groups excluding carboxylic acids is 1. The molecule has 56 valence electrons. The molecule has 0 radical (unpaired) electrons. The first-order valence-corrected chi connectivity index (χ1v) is 3.62. The van der Waals surface area contributed by atoms with E-state index in [1.165, 1.54) is 5.57 Å². The molecule has 1 N–H and O–H groups in total. The summed E-state index contributed by atoms with van der Waals surface area (Å²) in [5, 5.41) is 3.17. The molecule has 0 saturated carbocycles. The van der Waals surface area contributed by atoms with Crippen LogP contribution in [0.15, 0.2) is 11.1 Å². The second kappa shape index (κ2) is 2.97. The standard InChI is InChI=1S/C8H13NO/c1-6-3-4-9-5-8(6)7(2)10/h9H,3-5H2,1-2H3. The fourth-order valence-electron chi connectivity index (χ4n) is 1.22. The summed E-state index contributed by atoms with van der Waals surface area (Å²) in [7, 11) is 0. The molecule has 0 aromatic carbocycles. The third-order valence-corrected chi connectivity index (χ3v) is 1.92. The maximum Gasteiger partial charge on any atom is 0.157 e. The van der Waals surface area contributed by atoms with Gasteiger partial charge in [-0.25, -0.2) is 0 Å². The largest absolute Gasteiger partial charge is 0.312 e. The highest BCUT2D eigenvalue weighted by Crippen LogP contribution is 2.11. The maximum atomic E-state index is 10.9. The molecule has 2 heteroatoms. The van der Waals surface area contributed by atoms with E-state index in [1.54, 1.807) is 6.92 Å². The smallest absolute Gasteiger partial charge is 0.157 e. The number of nitrogens with one attached hydrogen (secondary N) is 1. The summed E-state index contributed by atoms with van der Waals surface area (Å²) in [6.45, 7) is 5.45. The van der Waals surface area contributed by atoms with Crippen LogP contribution in [0.4, 0.5) is 0 Å². The van der Waals surface area contributed by atoms with E-state index in [0.717, 1.165) is 25.1 Å². The minimum Gasteiger partial charge on any atom is -0.312 e. The first-order valence-electron chi connectivity index (χ1n) is 3.62. The number of hydrogen-bond acceptors (Lipinski definition) is 2. The summed E-state index contributed by atoms with van der Waals surface area (Å²) in [6, 6.07) is 0. The molecule has 1 aliphatic rings. The number of carbonyl (C=O) groups is 1. The van der Waals surface area contributed by atoms with E-state index in [2.05, 4.69) is 5.32 Å². The predicted octanol–water partition coefficient (Wildman–Crippen LogP) is 0.885. The molecule has 0 amide bonds. The van der Waals surface area contributed by atoms with Gasteiger partial charge in [-0.2, -0.15) is 0 Å². The molecule has 1 rings (SSSR count). The third-order valence-electron chi connectivity index (χ3n) is 1.92. The maximum absolute atomic E-state index is 10.9. The summed E-state index contributed by atoms with van der Waals surface area (Å²) >= 11 is 0. The molecule has 0 atom stereocenters. The molecule has 0 aliphatic carbocycles. The average molecular weight is 139 g/mol. The fourth-order valence-corrected chi connectivity index (χ4v) is 1.22. The minimum absolute atomic E-state index is 0.213. The lowest BCUT2D eigenvalue weighted by molar-refractivity contribution is -0.113. The number of ketones is 1. The van der Waals surface area contributed by atoms with Crippen molar-refractivity contribution in [2.45, 2.75) is 20.3 Å². The van der Waals surface area contributed by atoms with E-state index >= 15 is 0 Å². The second-order valence-corrected chi connectivity index (χ2v) is 2.74. The lowest BCUT2D eigenvalue weighted by atomic mass is 10.0. The second-order valence-electron chi connectivity index (χ2n) is 2.74. The van der Waals surface area contributed by atoms with Gasteiger partial charge in [0.25, 0.3) is 0 Å². The van der Waals surface area contributed by atoms with E-state index in [1.807, 2.05) is 6.92 Å². The van der Waals surface area contributed by atoms with Crippen molar-refractivity contribution in [2.75, 3.05) is 13.1 Å². The van der Waals surface area contributed by atoms with Crippen molar-refractivity contribution < 1.29 is 4.79 Å². The van der Waals surface area contributed by atoms with Crippen molar-refractivity contribution in [1.82, 2.24) is 5.32 Å². The number of rotatable bonds is 1. The summed E-state index contributed by atoms with van der Waals surface area (Å²) in [5.74, 6) is 0.213. The van der Waals surface area contributed by atoms with Crippen LogP contribution in [0.5, 0.6) is 0 Å². The third kappa shape index (κ3) is 1.45. The normalized spacial score (nSPS) is 19.4. The molecule has 0 aromatic heterocycles. The molecule has 1 aliphatic heterocycles. The van der Waals surface area contributed by atoms with Crippen LogP contribution in [0.1, 0.15) is 20.3 Å². The van der Waals surface area contributed by atoms with Gasteiger partial charge in [0.05, 0.1) is 0 Å². The van der Waals surface area contributed by atoms with Gasteiger partial charge >= 0.3 is 0 Å². The van der Waals surface area contributed by atoms with E-state index in [4.69, 9.17) is 0 Å². The van der Waals surface area contributed by atoms with E-state index in [9.17, 15) is 4.79 Å². The molecule has 1 heterocycles. The van der Waals surface area contributed by atoms with Gasteiger partial charge in [-0.05, 0) is 26.8 Å². The quantitative estimate of drug-likeness (QED) is 0.584. The van der Waals surface area contributed by atoms with Gasteiger partial charge in [0.2, 0.25) is 0 Å². The molecule has 0 bridgehead atoms. The molecule has 0 spiro atoms. The van der Waals surface area contributed by atoms with Crippen LogP contribution in [0.25, 0.3) is 0 Å².